The molecular weight excluding hydrogens is 348 g/mol. The Morgan fingerprint density at radius 3 is 2.45 bits per heavy atom. The third-order valence-electron chi connectivity index (χ3n) is 2.88. The standard InChI is InChI=1S/C13H14BrF2N3S/c1-3-10-12(14)11(19(2)18-10)6-20-13-8(15)4-7(17)5-9(13)16/h4-5H,3,6,17H2,1-2H3. The third kappa shape index (κ3) is 2.98. The molecule has 7 heteroatoms. The van der Waals surface area contributed by atoms with E-state index in [4.69, 9.17) is 5.73 Å². The lowest BCUT2D eigenvalue weighted by atomic mass is 10.3. The molecule has 108 valence electrons. The normalized spacial score (nSPS) is 11.1. The molecule has 1 heterocycles. The van der Waals surface area contributed by atoms with Crippen LogP contribution in [0.1, 0.15) is 18.3 Å². The van der Waals surface area contributed by atoms with E-state index in [1.54, 1.807) is 4.68 Å². The fourth-order valence-corrected chi connectivity index (χ4v) is 3.78. The Morgan fingerprint density at radius 2 is 1.95 bits per heavy atom. The van der Waals surface area contributed by atoms with Crippen LogP contribution in [0.25, 0.3) is 0 Å². The predicted octanol–water partition coefficient (Wildman–Crippen LogP) is 3.90. The number of thioether (sulfide) groups is 1. The molecular formula is C13H14BrF2N3S. The number of halogens is 3. The monoisotopic (exact) mass is 361 g/mol. The minimum atomic E-state index is -0.637. The van der Waals surface area contributed by atoms with Gasteiger partial charge in [-0.15, -0.1) is 11.8 Å². The highest BCUT2D eigenvalue weighted by atomic mass is 79.9. The summed E-state index contributed by atoms with van der Waals surface area (Å²) in [5, 5.41) is 4.35. The molecule has 3 nitrogen and oxygen atoms in total. The SMILES string of the molecule is CCc1nn(C)c(CSc2c(F)cc(N)cc2F)c1Br. The summed E-state index contributed by atoms with van der Waals surface area (Å²) in [6, 6.07) is 2.25. The van der Waals surface area contributed by atoms with Gasteiger partial charge in [0.05, 0.1) is 20.8 Å². The Morgan fingerprint density at radius 1 is 1.35 bits per heavy atom. The summed E-state index contributed by atoms with van der Waals surface area (Å²) >= 11 is 4.57. The van der Waals surface area contributed by atoms with E-state index in [9.17, 15) is 8.78 Å². The fourth-order valence-electron chi connectivity index (χ4n) is 1.83. The number of nitrogen functional groups attached to an aromatic ring is 1. The number of anilines is 1. The summed E-state index contributed by atoms with van der Waals surface area (Å²) in [5.41, 5.74) is 7.30. The van der Waals surface area contributed by atoms with E-state index >= 15 is 0 Å². The highest BCUT2D eigenvalue weighted by molar-refractivity contribution is 9.10. The molecule has 0 unspecified atom stereocenters. The molecule has 1 aromatic carbocycles. The first-order valence-corrected chi connectivity index (χ1v) is 7.79. The molecule has 0 bridgehead atoms. The van der Waals surface area contributed by atoms with Crippen LogP contribution in [-0.2, 0) is 19.2 Å². The van der Waals surface area contributed by atoms with Crippen molar-refractivity contribution in [2.75, 3.05) is 5.73 Å². The lowest BCUT2D eigenvalue weighted by molar-refractivity contribution is 0.541. The molecule has 0 radical (unpaired) electrons. The number of nitrogens with two attached hydrogens (primary N) is 1. The van der Waals surface area contributed by atoms with Crippen LogP contribution < -0.4 is 5.73 Å². The van der Waals surface area contributed by atoms with E-state index in [1.807, 2.05) is 14.0 Å². The molecule has 0 aliphatic rings. The summed E-state index contributed by atoms with van der Waals surface area (Å²) in [5.74, 6) is -0.856. The summed E-state index contributed by atoms with van der Waals surface area (Å²) in [7, 11) is 1.81. The molecule has 0 aliphatic carbocycles. The highest BCUT2D eigenvalue weighted by Crippen LogP contribution is 2.32. The van der Waals surface area contributed by atoms with Crippen molar-refractivity contribution >= 4 is 33.4 Å². The quantitative estimate of drug-likeness (QED) is 0.663. The van der Waals surface area contributed by atoms with E-state index in [-0.39, 0.29) is 10.6 Å². The van der Waals surface area contributed by atoms with Crippen LogP contribution in [0, 0.1) is 11.6 Å². The predicted molar refractivity (Wildman–Crippen MR) is 80.6 cm³/mol. The molecule has 2 rings (SSSR count). The molecule has 0 fully saturated rings. The van der Waals surface area contributed by atoms with Gasteiger partial charge in [0, 0.05) is 18.5 Å². The van der Waals surface area contributed by atoms with E-state index in [0.29, 0.717) is 5.75 Å². The van der Waals surface area contributed by atoms with Gasteiger partial charge in [-0.25, -0.2) is 8.78 Å². The van der Waals surface area contributed by atoms with Crippen LogP contribution in [0.15, 0.2) is 21.5 Å². The lowest BCUT2D eigenvalue weighted by Gasteiger charge is -2.07. The molecule has 0 saturated carbocycles. The van der Waals surface area contributed by atoms with Gasteiger partial charge in [-0.1, -0.05) is 6.92 Å². The maximum absolute atomic E-state index is 13.7. The largest absolute Gasteiger partial charge is 0.399 e. The van der Waals surface area contributed by atoms with E-state index in [1.165, 1.54) is 0 Å². The second-order valence-corrected chi connectivity index (χ2v) is 6.07. The van der Waals surface area contributed by atoms with Crippen molar-refractivity contribution in [2.45, 2.75) is 24.0 Å². The Labute approximate surface area is 128 Å². The maximum atomic E-state index is 13.7. The number of nitrogens with zero attached hydrogens (tertiary/aromatic N) is 2. The summed E-state index contributed by atoms with van der Waals surface area (Å²) < 4.78 is 30.0. The molecule has 1 aromatic heterocycles. The van der Waals surface area contributed by atoms with Crippen LogP contribution in [0.4, 0.5) is 14.5 Å². The van der Waals surface area contributed by atoms with Crippen LogP contribution >= 0.6 is 27.7 Å². The van der Waals surface area contributed by atoms with Gasteiger partial charge in [-0.05, 0) is 34.5 Å². The molecule has 20 heavy (non-hydrogen) atoms. The van der Waals surface area contributed by atoms with Gasteiger partial charge in [0.15, 0.2) is 0 Å². The first-order chi connectivity index (χ1) is 9.43. The van der Waals surface area contributed by atoms with Crippen molar-refractivity contribution in [3.8, 4) is 0 Å². The first-order valence-electron chi connectivity index (χ1n) is 6.01. The van der Waals surface area contributed by atoms with Crippen molar-refractivity contribution in [3.63, 3.8) is 0 Å². The molecule has 0 atom stereocenters. The molecule has 0 aliphatic heterocycles. The van der Waals surface area contributed by atoms with Gasteiger partial charge in [-0.3, -0.25) is 4.68 Å². The average Bonchev–Trinajstić information content (AvgIpc) is 2.64. The highest BCUT2D eigenvalue weighted by Gasteiger charge is 2.16. The Hall–Kier alpha value is -1.08. The van der Waals surface area contributed by atoms with Crippen molar-refractivity contribution < 1.29 is 8.78 Å². The zero-order chi connectivity index (χ0) is 14.9. The third-order valence-corrected chi connectivity index (χ3v) is 4.89. The minimum Gasteiger partial charge on any atom is -0.399 e. The van der Waals surface area contributed by atoms with Crippen LogP contribution in [0.2, 0.25) is 0 Å². The van der Waals surface area contributed by atoms with Gasteiger partial charge >= 0.3 is 0 Å². The molecule has 2 aromatic rings. The first kappa shape index (κ1) is 15.3. The minimum absolute atomic E-state index is 0.0228. The van der Waals surface area contributed by atoms with Crippen molar-refractivity contribution in [1.29, 1.82) is 0 Å². The average molecular weight is 362 g/mol. The molecule has 0 amide bonds. The van der Waals surface area contributed by atoms with Gasteiger partial charge in [0.25, 0.3) is 0 Å². The summed E-state index contributed by atoms with van der Waals surface area (Å²) in [4.78, 5) is -0.0228. The Balaban J connectivity index is 2.24. The van der Waals surface area contributed by atoms with Crippen molar-refractivity contribution in [1.82, 2.24) is 9.78 Å². The van der Waals surface area contributed by atoms with Gasteiger partial charge in [0.1, 0.15) is 11.6 Å². The number of hydrogen-bond acceptors (Lipinski definition) is 3. The number of benzene rings is 1. The number of aryl methyl sites for hydroxylation is 2. The second kappa shape index (κ2) is 6.13. The topological polar surface area (TPSA) is 43.8 Å². The van der Waals surface area contributed by atoms with E-state index in [2.05, 4.69) is 21.0 Å². The maximum Gasteiger partial charge on any atom is 0.141 e. The lowest BCUT2D eigenvalue weighted by Crippen LogP contribution is -1.98. The van der Waals surface area contributed by atoms with Crippen molar-refractivity contribution in [3.05, 3.63) is 39.6 Å². The van der Waals surface area contributed by atoms with Gasteiger partial charge in [0.2, 0.25) is 0 Å². The van der Waals surface area contributed by atoms with Crippen molar-refractivity contribution in [2.24, 2.45) is 7.05 Å². The van der Waals surface area contributed by atoms with E-state index in [0.717, 1.165) is 46.2 Å². The molecule has 0 spiro atoms. The fraction of sp³-hybridized carbons (Fsp3) is 0.308. The van der Waals surface area contributed by atoms with Crippen LogP contribution in [-0.4, -0.2) is 9.78 Å². The zero-order valence-corrected chi connectivity index (χ0v) is 13.5. The summed E-state index contributed by atoms with van der Waals surface area (Å²) in [6.45, 7) is 2.00. The smallest absolute Gasteiger partial charge is 0.141 e. The second-order valence-electron chi connectivity index (χ2n) is 4.29. The van der Waals surface area contributed by atoms with Gasteiger partial charge < -0.3 is 5.73 Å². The summed E-state index contributed by atoms with van der Waals surface area (Å²) in [6.07, 6.45) is 0.795. The van der Waals surface area contributed by atoms with E-state index < -0.39 is 11.6 Å². The van der Waals surface area contributed by atoms with Crippen LogP contribution in [0.3, 0.4) is 0 Å². The Bertz CT molecular complexity index is 620. The number of hydrogen-bond donors (Lipinski definition) is 1. The number of rotatable bonds is 4. The molecule has 0 saturated heterocycles. The van der Waals surface area contributed by atoms with Gasteiger partial charge in [-0.2, -0.15) is 5.10 Å². The van der Waals surface area contributed by atoms with Crippen LogP contribution in [0.5, 0.6) is 0 Å². The molecule has 2 N–H and O–H groups in total. The number of aromatic nitrogens is 2. The zero-order valence-electron chi connectivity index (χ0n) is 11.1. The Kier molecular flexibility index (Phi) is 4.70.